The topological polar surface area (TPSA) is 47.4 Å². The molecule has 2 fully saturated rings. The summed E-state index contributed by atoms with van der Waals surface area (Å²) in [6.45, 7) is 3.57. The van der Waals surface area contributed by atoms with Crippen molar-refractivity contribution < 1.29 is 9.53 Å². The van der Waals surface area contributed by atoms with E-state index in [-0.39, 0.29) is 11.3 Å². The average molecular weight is 303 g/mol. The van der Waals surface area contributed by atoms with Crippen LogP contribution in [0.1, 0.15) is 31.5 Å². The predicted molar refractivity (Wildman–Crippen MR) is 82.3 cm³/mol. The summed E-state index contributed by atoms with van der Waals surface area (Å²) in [6.07, 6.45) is 9.29. The third kappa shape index (κ3) is 2.45. The molecular weight excluding hydrogens is 278 g/mol. The molecule has 5 nitrogen and oxygen atoms in total. The maximum Gasteiger partial charge on any atom is 0.226 e. The maximum atomic E-state index is 12.7. The van der Waals surface area contributed by atoms with Gasteiger partial charge in [-0.1, -0.05) is 0 Å². The Morgan fingerprint density at radius 3 is 3.14 bits per heavy atom. The van der Waals surface area contributed by atoms with E-state index in [1.807, 2.05) is 18.1 Å². The fourth-order valence-electron chi connectivity index (χ4n) is 4.34. The van der Waals surface area contributed by atoms with Gasteiger partial charge in [0.25, 0.3) is 0 Å². The van der Waals surface area contributed by atoms with E-state index in [1.165, 1.54) is 5.82 Å². The predicted octanol–water partition coefficient (Wildman–Crippen LogP) is 1.72. The number of hydrogen-bond acceptors (Lipinski definition) is 3. The number of hydrogen-bond donors (Lipinski definition) is 0. The SMILES string of the molecule is CN(C[C@@H]1CCn2ccnc2C1)C(=O)[C@@H]1CC12CCOCC2. The highest BCUT2D eigenvalue weighted by molar-refractivity contribution is 5.82. The van der Waals surface area contributed by atoms with Gasteiger partial charge in [0, 0.05) is 58.1 Å². The summed E-state index contributed by atoms with van der Waals surface area (Å²) < 4.78 is 7.68. The molecule has 22 heavy (non-hydrogen) atoms. The van der Waals surface area contributed by atoms with Gasteiger partial charge in [-0.2, -0.15) is 0 Å². The summed E-state index contributed by atoms with van der Waals surface area (Å²) >= 11 is 0. The lowest BCUT2D eigenvalue weighted by atomic mass is 9.93. The smallest absolute Gasteiger partial charge is 0.226 e. The van der Waals surface area contributed by atoms with E-state index >= 15 is 0 Å². The van der Waals surface area contributed by atoms with Gasteiger partial charge in [0.2, 0.25) is 5.91 Å². The van der Waals surface area contributed by atoms with Crippen LogP contribution in [0.2, 0.25) is 0 Å². The van der Waals surface area contributed by atoms with Gasteiger partial charge in [0.1, 0.15) is 5.82 Å². The van der Waals surface area contributed by atoms with E-state index < -0.39 is 0 Å². The zero-order valence-corrected chi connectivity index (χ0v) is 13.3. The second-order valence-corrected chi connectivity index (χ2v) is 7.35. The van der Waals surface area contributed by atoms with Gasteiger partial charge in [0.15, 0.2) is 0 Å². The summed E-state index contributed by atoms with van der Waals surface area (Å²) in [5, 5.41) is 0. The first-order valence-electron chi connectivity index (χ1n) is 8.51. The third-order valence-corrected chi connectivity index (χ3v) is 5.94. The Morgan fingerprint density at radius 2 is 2.32 bits per heavy atom. The summed E-state index contributed by atoms with van der Waals surface area (Å²) in [7, 11) is 1.98. The van der Waals surface area contributed by atoms with Crippen LogP contribution in [0.5, 0.6) is 0 Å². The molecule has 2 aliphatic heterocycles. The molecule has 1 aliphatic carbocycles. The Hall–Kier alpha value is -1.36. The Morgan fingerprint density at radius 1 is 1.50 bits per heavy atom. The molecule has 0 unspecified atom stereocenters. The van der Waals surface area contributed by atoms with E-state index in [2.05, 4.69) is 15.7 Å². The molecular formula is C17H25N3O2. The standard InChI is InChI=1S/C17H25N3O2/c1-19(12-13-2-6-20-7-5-18-15(20)10-13)16(21)14-11-17(14)3-8-22-9-4-17/h5,7,13-14H,2-4,6,8-12H2,1H3/t13-,14+/m1/s1. The second-order valence-electron chi connectivity index (χ2n) is 7.35. The number of aryl methyl sites for hydroxylation is 1. The number of ether oxygens (including phenoxy) is 1. The van der Waals surface area contributed by atoms with Gasteiger partial charge >= 0.3 is 0 Å². The van der Waals surface area contributed by atoms with Crippen LogP contribution in [0.3, 0.4) is 0 Å². The highest BCUT2D eigenvalue weighted by Crippen LogP contribution is 2.59. The minimum absolute atomic E-state index is 0.256. The van der Waals surface area contributed by atoms with Crippen molar-refractivity contribution in [2.45, 2.75) is 38.6 Å². The van der Waals surface area contributed by atoms with E-state index in [0.717, 1.165) is 58.4 Å². The van der Waals surface area contributed by atoms with Gasteiger partial charge < -0.3 is 14.2 Å². The molecule has 1 aromatic rings. The molecule has 3 heterocycles. The third-order valence-electron chi connectivity index (χ3n) is 5.94. The van der Waals surface area contributed by atoms with Gasteiger partial charge in [-0.05, 0) is 37.0 Å². The van der Waals surface area contributed by atoms with Crippen LogP contribution in [0.4, 0.5) is 0 Å². The van der Waals surface area contributed by atoms with Crippen molar-refractivity contribution in [3.63, 3.8) is 0 Å². The van der Waals surface area contributed by atoms with Gasteiger partial charge in [0.05, 0.1) is 0 Å². The number of fused-ring (bicyclic) bond motifs is 1. The van der Waals surface area contributed by atoms with Crippen molar-refractivity contribution in [3.8, 4) is 0 Å². The molecule has 2 atom stereocenters. The highest BCUT2D eigenvalue weighted by atomic mass is 16.5. The van der Waals surface area contributed by atoms with Gasteiger partial charge in [-0.25, -0.2) is 4.98 Å². The van der Waals surface area contributed by atoms with E-state index in [9.17, 15) is 4.79 Å². The maximum absolute atomic E-state index is 12.7. The van der Waals surface area contributed by atoms with Crippen molar-refractivity contribution in [3.05, 3.63) is 18.2 Å². The molecule has 1 saturated heterocycles. The largest absolute Gasteiger partial charge is 0.381 e. The van der Waals surface area contributed by atoms with Crippen LogP contribution in [0, 0.1) is 17.3 Å². The number of nitrogens with zero attached hydrogens (tertiary/aromatic N) is 3. The number of carbonyl (C=O) groups is 1. The van der Waals surface area contributed by atoms with E-state index in [0.29, 0.717) is 11.8 Å². The molecule has 3 aliphatic rings. The first kappa shape index (κ1) is 14.2. The summed E-state index contributed by atoms with van der Waals surface area (Å²) in [4.78, 5) is 19.1. The lowest BCUT2D eigenvalue weighted by molar-refractivity contribution is -0.133. The van der Waals surface area contributed by atoms with E-state index in [1.54, 1.807) is 0 Å². The Kier molecular flexibility index (Phi) is 3.48. The van der Waals surface area contributed by atoms with Crippen molar-refractivity contribution >= 4 is 5.91 Å². The summed E-state index contributed by atoms with van der Waals surface area (Å²) in [5.74, 6) is 2.33. The molecule has 0 bridgehead atoms. The number of aromatic nitrogens is 2. The Balaban J connectivity index is 1.33. The molecule has 4 rings (SSSR count). The second kappa shape index (κ2) is 5.37. The van der Waals surface area contributed by atoms with Crippen molar-refractivity contribution in [2.75, 3.05) is 26.8 Å². The fourth-order valence-corrected chi connectivity index (χ4v) is 4.34. The molecule has 1 aromatic heterocycles. The number of carbonyl (C=O) groups excluding carboxylic acids is 1. The monoisotopic (exact) mass is 303 g/mol. The normalized spacial score (nSPS) is 29.1. The number of imidazole rings is 1. The Labute approximate surface area is 131 Å². The zero-order valence-electron chi connectivity index (χ0n) is 13.3. The van der Waals surface area contributed by atoms with Crippen LogP contribution in [-0.2, 0) is 22.5 Å². The van der Waals surface area contributed by atoms with Gasteiger partial charge in [-0.15, -0.1) is 0 Å². The zero-order chi connectivity index (χ0) is 15.2. The molecule has 0 aromatic carbocycles. The first-order valence-corrected chi connectivity index (χ1v) is 8.51. The number of amides is 1. The minimum Gasteiger partial charge on any atom is -0.381 e. The van der Waals surface area contributed by atoms with Crippen molar-refractivity contribution in [1.29, 1.82) is 0 Å². The first-order chi connectivity index (χ1) is 10.7. The van der Waals surface area contributed by atoms with E-state index in [4.69, 9.17) is 4.74 Å². The fraction of sp³-hybridized carbons (Fsp3) is 0.765. The Bertz CT molecular complexity index is 562. The lowest BCUT2D eigenvalue weighted by Crippen LogP contribution is -2.37. The quantitative estimate of drug-likeness (QED) is 0.854. The van der Waals surface area contributed by atoms with Crippen molar-refractivity contribution in [1.82, 2.24) is 14.5 Å². The molecule has 1 saturated carbocycles. The molecule has 1 spiro atoms. The average Bonchev–Trinajstić information content (AvgIpc) is 3.01. The highest BCUT2D eigenvalue weighted by Gasteiger charge is 2.58. The lowest BCUT2D eigenvalue weighted by Gasteiger charge is -2.29. The van der Waals surface area contributed by atoms with Crippen LogP contribution in [-0.4, -0.2) is 47.2 Å². The van der Waals surface area contributed by atoms with Gasteiger partial charge in [-0.3, -0.25) is 4.79 Å². The summed E-state index contributed by atoms with van der Waals surface area (Å²) in [5.41, 5.74) is 0.284. The molecule has 0 radical (unpaired) electrons. The molecule has 1 amide bonds. The van der Waals surface area contributed by atoms with Crippen LogP contribution < -0.4 is 0 Å². The summed E-state index contributed by atoms with van der Waals surface area (Å²) in [6, 6.07) is 0. The minimum atomic E-state index is 0.256. The molecule has 120 valence electrons. The van der Waals surface area contributed by atoms with Crippen LogP contribution in [0.25, 0.3) is 0 Å². The van der Waals surface area contributed by atoms with Crippen LogP contribution in [0.15, 0.2) is 12.4 Å². The van der Waals surface area contributed by atoms with Crippen molar-refractivity contribution in [2.24, 2.45) is 17.3 Å². The van der Waals surface area contributed by atoms with Crippen LogP contribution >= 0.6 is 0 Å². The molecule has 0 N–H and O–H groups in total. The number of rotatable bonds is 3. The molecule has 5 heteroatoms.